The molecule has 3 rings (SSSR count). The lowest BCUT2D eigenvalue weighted by atomic mass is 10.2. The van der Waals surface area contributed by atoms with Crippen molar-refractivity contribution in [2.24, 2.45) is 0 Å². The number of carbonyl (C=O) groups excluding carboxylic acids is 2. The lowest BCUT2D eigenvalue weighted by molar-refractivity contribution is -0.384. The highest BCUT2D eigenvalue weighted by Crippen LogP contribution is 2.19. The molecule has 1 aromatic heterocycles. The molecule has 0 aliphatic carbocycles. The molecule has 0 aliphatic heterocycles. The van der Waals surface area contributed by atoms with E-state index in [1.54, 1.807) is 22.9 Å². The van der Waals surface area contributed by atoms with E-state index in [0.717, 1.165) is 6.07 Å². The summed E-state index contributed by atoms with van der Waals surface area (Å²) in [6.07, 6.45) is 1.91. The van der Waals surface area contributed by atoms with E-state index >= 15 is 0 Å². The van der Waals surface area contributed by atoms with Gasteiger partial charge in [-0.3, -0.25) is 30.6 Å². The highest BCUT2D eigenvalue weighted by Gasteiger charge is 2.18. The Morgan fingerprint density at radius 1 is 1.14 bits per heavy atom. The van der Waals surface area contributed by atoms with Gasteiger partial charge in [0.1, 0.15) is 0 Å². The van der Waals surface area contributed by atoms with Crippen LogP contribution >= 0.6 is 11.6 Å². The fourth-order valence-corrected chi connectivity index (χ4v) is 2.93. The molecule has 0 spiro atoms. The van der Waals surface area contributed by atoms with Crippen molar-refractivity contribution in [1.82, 2.24) is 20.6 Å². The maximum absolute atomic E-state index is 12.5. The first-order valence-electron chi connectivity index (χ1n) is 8.58. The number of non-ortho nitro benzene ring substituents is 1. The number of carbonyl (C=O) groups is 2. The zero-order chi connectivity index (χ0) is 21.0. The summed E-state index contributed by atoms with van der Waals surface area (Å²) in [7, 11) is 0. The first-order valence-corrected chi connectivity index (χ1v) is 8.96. The Bertz CT molecular complexity index is 1100. The summed E-state index contributed by atoms with van der Waals surface area (Å²) in [5, 5.41) is 15.6. The Hall–Kier alpha value is -3.72. The fraction of sp³-hybridized carbons (Fsp3) is 0.105. The van der Waals surface area contributed by atoms with Crippen LogP contribution in [0.1, 0.15) is 33.3 Å². The summed E-state index contributed by atoms with van der Waals surface area (Å²) >= 11 is 6.02. The van der Waals surface area contributed by atoms with Gasteiger partial charge in [-0.2, -0.15) is 5.10 Å². The van der Waals surface area contributed by atoms with Crippen LogP contribution in [0.5, 0.6) is 0 Å². The van der Waals surface area contributed by atoms with Gasteiger partial charge in [-0.05, 0) is 30.7 Å². The zero-order valence-corrected chi connectivity index (χ0v) is 16.0. The second-order valence-electron chi connectivity index (χ2n) is 5.97. The molecule has 0 bridgehead atoms. The van der Waals surface area contributed by atoms with Gasteiger partial charge in [-0.25, -0.2) is 4.68 Å². The summed E-state index contributed by atoms with van der Waals surface area (Å²) in [5.74, 6) is -1.24. The molecule has 0 aliphatic rings. The molecule has 1 heterocycles. The van der Waals surface area contributed by atoms with Gasteiger partial charge < -0.3 is 0 Å². The number of nitrogens with zero attached hydrogens (tertiary/aromatic N) is 3. The number of nitro benzene ring substituents is 1. The Balaban J connectivity index is 1.75. The van der Waals surface area contributed by atoms with Gasteiger partial charge in [-0.1, -0.05) is 30.7 Å². The van der Waals surface area contributed by atoms with E-state index < -0.39 is 16.7 Å². The minimum Gasteiger partial charge on any atom is -0.267 e. The fourth-order valence-electron chi connectivity index (χ4n) is 2.75. The van der Waals surface area contributed by atoms with Crippen LogP contribution in [0, 0.1) is 10.1 Å². The van der Waals surface area contributed by atoms with E-state index in [4.69, 9.17) is 11.6 Å². The summed E-state index contributed by atoms with van der Waals surface area (Å²) in [6.45, 7) is 1.87. The normalized spacial score (nSPS) is 10.4. The smallest absolute Gasteiger partial charge is 0.267 e. The molecule has 0 saturated heterocycles. The van der Waals surface area contributed by atoms with Gasteiger partial charge >= 0.3 is 0 Å². The quantitative estimate of drug-likeness (QED) is 0.492. The van der Waals surface area contributed by atoms with Crippen LogP contribution in [0.3, 0.4) is 0 Å². The number of hydrogen-bond acceptors (Lipinski definition) is 5. The molecule has 29 heavy (non-hydrogen) atoms. The van der Waals surface area contributed by atoms with E-state index in [-0.39, 0.29) is 16.8 Å². The predicted molar refractivity (Wildman–Crippen MR) is 106 cm³/mol. The number of nitro groups is 1. The minimum atomic E-state index is -0.678. The van der Waals surface area contributed by atoms with Crippen LogP contribution in [0.15, 0.2) is 54.7 Å². The Kier molecular flexibility index (Phi) is 5.89. The summed E-state index contributed by atoms with van der Waals surface area (Å²) < 4.78 is 1.60. The van der Waals surface area contributed by atoms with Gasteiger partial charge in [0.05, 0.1) is 28.1 Å². The molecule has 0 saturated carbocycles. The highest BCUT2D eigenvalue weighted by atomic mass is 35.5. The number of benzene rings is 2. The predicted octanol–water partition coefficient (Wildman–Crippen LogP) is 3.07. The Labute approximate surface area is 170 Å². The van der Waals surface area contributed by atoms with Crippen molar-refractivity contribution in [1.29, 1.82) is 0 Å². The second-order valence-corrected chi connectivity index (χ2v) is 6.40. The molecule has 2 N–H and O–H groups in total. The Morgan fingerprint density at radius 2 is 1.86 bits per heavy atom. The van der Waals surface area contributed by atoms with Gasteiger partial charge in [0.15, 0.2) is 0 Å². The zero-order valence-electron chi connectivity index (χ0n) is 15.3. The summed E-state index contributed by atoms with van der Waals surface area (Å²) in [5.41, 5.74) is 6.01. The van der Waals surface area contributed by atoms with E-state index in [9.17, 15) is 19.7 Å². The maximum atomic E-state index is 12.5. The van der Waals surface area contributed by atoms with Crippen LogP contribution in [-0.2, 0) is 6.42 Å². The average molecular weight is 414 g/mol. The summed E-state index contributed by atoms with van der Waals surface area (Å²) in [4.78, 5) is 34.9. The van der Waals surface area contributed by atoms with Crippen LogP contribution in [0.4, 0.5) is 5.69 Å². The van der Waals surface area contributed by atoms with Gasteiger partial charge in [0.2, 0.25) is 0 Å². The van der Waals surface area contributed by atoms with Crippen LogP contribution < -0.4 is 10.9 Å². The Morgan fingerprint density at radius 3 is 2.55 bits per heavy atom. The SMILES string of the molecule is CCc1c(C(=O)NNC(=O)c2cccc([N+](=O)[O-])c2)cnn1-c1cccc(Cl)c1. The van der Waals surface area contributed by atoms with Crippen molar-refractivity contribution >= 4 is 29.1 Å². The van der Waals surface area contributed by atoms with Crippen LogP contribution in [0.2, 0.25) is 5.02 Å². The maximum Gasteiger partial charge on any atom is 0.273 e. The number of halogens is 1. The molecule has 3 aromatic rings. The number of nitrogens with one attached hydrogen (secondary N) is 2. The van der Waals surface area contributed by atoms with Gasteiger partial charge in [0.25, 0.3) is 17.5 Å². The third-order valence-corrected chi connectivity index (χ3v) is 4.34. The van der Waals surface area contributed by atoms with Crippen molar-refractivity contribution in [3.63, 3.8) is 0 Å². The molecule has 0 radical (unpaired) electrons. The molecular weight excluding hydrogens is 398 g/mol. The van der Waals surface area contributed by atoms with E-state index in [1.165, 1.54) is 24.4 Å². The molecule has 0 atom stereocenters. The van der Waals surface area contributed by atoms with Crippen LogP contribution in [0.25, 0.3) is 5.69 Å². The molecule has 0 unspecified atom stereocenters. The van der Waals surface area contributed by atoms with Gasteiger partial charge in [-0.15, -0.1) is 0 Å². The molecular formula is C19H16ClN5O4. The molecule has 148 valence electrons. The van der Waals surface area contributed by atoms with Crippen LogP contribution in [-0.4, -0.2) is 26.5 Å². The van der Waals surface area contributed by atoms with Crippen molar-refractivity contribution in [3.05, 3.63) is 86.7 Å². The van der Waals surface area contributed by atoms with Crippen molar-refractivity contribution < 1.29 is 14.5 Å². The van der Waals surface area contributed by atoms with Crippen molar-refractivity contribution in [2.45, 2.75) is 13.3 Å². The van der Waals surface area contributed by atoms with Gasteiger partial charge in [0, 0.05) is 22.7 Å². The van der Waals surface area contributed by atoms with Crippen molar-refractivity contribution in [2.75, 3.05) is 0 Å². The highest BCUT2D eigenvalue weighted by molar-refractivity contribution is 6.30. The largest absolute Gasteiger partial charge is 0.273 e. The first-order chi connectivity index (χ1) is 13.9. The third kappa shape index (κ3) is 4.41. The topological polar surface area (TPSA) is 119 Å². The number of rotatable bonds is 5. The third-order valence-electron chi connectivity index (χ3n) is 4.11. The molecule has 2 aromatic carbocycles. The molecule has 0 fully saturated rings. The first kappa shape index (κ1) is 20.0. The summed E-state index contributed by atoms with van der Waals surface area (Å²) in [6, 6.07) is 12.2. The monoisotopic (exact) mass is 413 g/mol. The number of hydrazine groups is 1. The molecule has 10 heteroatoms. The molecule has 9 nitrogen and oxygen atoms in total. The van der Waals surface area contributed by atoms with E-state index in [1.807, 2.05) is 13.0 Å². The lowest BCUT2D eigenvalue weighted by Gasteiger charge is -2.10. The number of hydrogen-bond donors (Lipinski definition) is 2. The lowest BCUT2D eigenvalue weighted by Crippen LogP contribution is -2.41. The number of aromatic nitrogens is 2. The second kappa shape index (κ2) is 8.53. The molecule has 2 amide bonds. The van der Waals surface area contributed by atoms with Crippen molar-refractivity contribution in [3.8, 4) is 5.69 Å². The average Bonchev–Trinajstić information content (AvgIpc) is 3.16. The van der Waals surface area contributed by atoms with E-state index in [2.05, 4.69) is 16.0 Å². The minimum absolute atomic E-state index is 0.0461. The number of amides is 2. The van der Waals surface area contributed by atoms with E-state index in [0.29, 0.717) is 22.8 Å². The standard InChI is InChI=1S/C19H16ClN5O4/c1-2-17-16(11-21-24(17)14-7-4-6-13(20)10-14)19(27)23-22-18(26)12-5-3-8-15(9-12)25(28)29/h3-11H,2H2,1H3,(H,22,26)(H,23,27).